The monoisotopic (exact) mass is 275 g/mol. The fourth-order valence-electron chi connectivity index (χ4n) is 2.33. The Morgan fingerprint density at radius 2 is 2.10 bits per heavy atom. The lowest BCUT2D eigenvalue weighted by atomic mass is 10.3. The van der Waals surface area contributed by atoms with Crippen LogP contribution in [0.3, 0.4) is 0 Å². The molecule has 2 heterocycles. The van der Waals surface area contributed by atoms with Crippen LogP contribution in [0.2, 0.25) is 0 Å². The Morgan fingerprint density at radius 3 is 2.80 bits per heavy atom. The van der Waals surface area contributed by atoms with Crippen molar-refractivity contribution in [1.82, 2.24) is 19.3 Å². The predicted octanol–water partition coefficient (Wildman–Crippen LogP) is 1.80. The van der Waals surface area contributed by atoms with Gasteiger partial charge in [-0.25, -0.2) is 14.1 Å². The molecule has 0 atom stereocenters. The van der Waals surface area contributed by atoms with Gasteiger partial charge in [-0.1, -0.05) is 0 Å². The van der Waals surface area contributed by atoms with E-state index in [1.165, 1.54) is 13.2 Å². The first kappa shape index (κ1) is 12.5. The topological polar surface area (TPSA) is 70.9 Å². The van der Waals surface area contributed by atoms with E-state index in [0.29, 0.717) is 11.6 Å². The largest absolute Gasteiger partial charge is 0.494 e. The molecule has 2 N–H and O–H groups in total. The van der Waals surface area contributed by atoms with E-state index >= 15 is 0 Å². The zero-order chi connectivity index (χ0) is 14.4. The summed E-state index contributed by atoms with van der Waals surface area (Å²) in [5.41, 5.74) is 8.93. The van der Waals surface area contributed by atoms with Gasteiger partial charge in [-0.05, 0) is 19.1 Å². The van der Waals surface area contributed by atoms with E-state index in [1.54, 1.807) is 21.4 Å². The molecule has 0 aliphatic heterocycles. The predicted molar refractivity (Wildman–Crippen MR) is 73.5 cm³/mol. The molecule has 0 amide bonds. The minimum absolute atomic E-state index is 0.155. The van der Waals surface area contributed by atoms with Crippen LogP contribution in [0.25, 0.3) is 16.9 Å². The second-order valence-corrected chi connectivity index (χ2v) is 4.51. The molecule has 3 aromatic rings. The van der Waals surface area contributed by atoms with E-state index in [2.05, 4.69) is 10.1 Å². The van der Waals surface area contributed by atoms with Gasteiger partial charge in [0.2, 0.25) is 5.95 Å². The fraction of sp³-hybridized carbons (Fsp3) is 0.231. The summed E-state index contributed by atoms with van der Waals surface area (Å²) in [6.07, 6.45) is 0. The number of hydrogen-bond donors (Lipinski definition) is 1. The highest BCUT2D eigenvalue weighted by molar-refractivity contribution is 5.80. The second kappa shape index (κ2) is 4.22. The molecule has 0 bridgehead atoms. The van der Waals surface area contributed by atoms with Crippen molar-refractivity contribution in [3.63, 3.8) is 0 Å². The van der Waals surface area contributed by atoms with Crippen LogP contribution < -0.4 is 10.5 Å². The molecule has 0 aliphatic carbocycles. The zero-order valence-corrected chi connectivity index (χ0v) is 11.4. The van der Waals surface area contributed by atoms with Crippen LogP contribution in [0.5, 0.6) is 5.75 Å². The average Bonchev–Trinajstić information content (AvgIpc) is 2.89. The third kappa shape index (κ3) is 1.63. The van der Waals surface area contributed by atoms with Crippen LogP contribution in [0.1, 0.15) is 5.69 Å². The van der Waals surface area contributed by atoms with Crippen molar-refractivity contribution in [2.75, 3.05) is 12.8 Å². The van der Waals surface area contributed by atoms with Gasteiger partial charge in [0.15, 0.2) is 17.2 Å². The van der Waals surface area contributed by atoms with Gasteiger partial charge in [-0.2, -0.15) is 5.10 Å². The molecule has 7 heteroatoms. The SMILES string of the molecule is COc1cc(-n2c(N)nc3c(C)nn(C)c32)ccc1F. The van der Waals surface area contributed by atoms with E-state index in [0.717, 1.165) is 16.9 Å². The number of nitrogens with zero attached hydrogens (tertiary/aromatic N) is 4. The summed E-state index contributed by atoms with van der Waals surface area (Å²) in [6, 6.07) is 4.54. The molecular weight excluding hydrogens is 261 g/mol. The number of aryl methyl sites for hydroxylation is 2. The molecule has 6 nitrogen and oxygen atoms in total. The number of methoxy groups -OCH3 is 1. The Kier molecular flexibility index (Phi) is 2.63. The quantitative estimate of drug-likeness (QED) is 0.774. The Labute approximate surface area is 114 Å². The Morgan fingerprint density at radius 1 is 1.35 bits per heavy atom. The maximum atomic E-state index is 13.5. The molecule has 3 rings (SSSR count). The number of nitrogen functional groups attached to an aromatic ring is 1. The van der Waals surface area contributed by atoms with E-state index < -0.39 is 5.82 Å². The molecule has 20 heavy (non-hydrogen) atoms. The highest BCUT2D eigenvalue weighted by atomic mass is 19.1. The van der Waals surface area contributed by atoms with Crippen molar-refractivity contribution in [2.24, 2.45) is 7.05 Å². The van der Waals surface area contributed by atoms with Gasteiger partial charge < -0.3 is 10.5 Å². The average molecular weight is 275 g/mol. The first-order chi connectivity index (χ1) is 9.52. The summed E-state index contributed by atoms with van der Waals surface area (Å²) >= 11 is 0. The molecule has 0 aliphatic rings. The number of fused-ring (bicyclic) bond motifs is 1. The number of benzene rings is 1. The molecule has 0 unspecified atom stereocenters. The number of anilines is 1. The van der Waals surface area contributed by atoms with Crippen LogP contribution in [0, 0.1) is 12.7 Å². The van der Waals surface area contributed by atoms with E-state index in [9.17, 15) is 4.39 Å². The number of aromatic nitrogens is 4. The summed E-state index contributed by atoms with van der Waals surface area (Å²) in [6.45, 7) is 1.87. The Bertz CT molecular complexity index is 805. The zero-order valence-electron chi connectivity index (χ0n) is 11.4. The smallest absolute Gasteiger partial charge is 0.207 e. The summed E-state index contributed by atoms with van der Waals surface area (Å²) in [4.78, 5) is 4.31. The first-order valence-corrected chi connectivity index (χ1v) is 6.04. The van der Waals surface area contributed by atoms with Crippen molar-refractivity contribution in [1.29, 1.82) is 0 Å². The lowest BCUT2D eigenvalue weighted by molar-refractivity contribution is 0.386. The lowest BCUT2D eigenvalue weighted by Crippen LogP contribution is -2.05. The number of halogens is 1. The summed E-state index contributed by atoms with van der Waals surface area (Å²) < 4.78 is 21.9. The van der Waals surface area contributed by atoms with Gasteiger partial charge in [0.1, 0.15) is 5.52 Å². The molecule has 104 valence electrons. The number of imidazole rings is 1. The van der Waals surface area contributed by atoms with Crippen molar-refractivity contribution in [2.45, 2.75) is 6.92 Å². The Hall–Kier alpha value is -2.57. The summed E-state index contributed by atoms with van der Waals surface area (Å²) in [7, 11) is 3.23. The van der Waals surface area contributed by atoms with E-state index in [4.69, 9.17) is 10.5 Å². The third-order valence-electron chi connectivity index (χ3n) is 3.22. The molecule has 0 fully saturated rings. The Balaban J connectivity index is 2.31. The van der Waals surface area contributed by atoms with Gasteiger partial charge in [0.05, 0.1) is 18.5 Å². The van der Waals surface area contributed by atoms with Gasteiger partial charge in [0.25, 0.3) is 0 Å². The summed E-state index contributed by atoms with van der Waals surface area (Å²) in [5.74, 6) is 0.0553. The molecule has 1 aromatic carbocycles. The van der Waals surface area contributed by atoms with Gasteiger partial charge in [-0.15, -0.1) is 0 Å². The number of rotatable bonds is 2. The number of hydrogen-bond acceptors (Lipinski definition) is 4. The van der Waals surface area contributed by atoms with Gasteiger partial charge >= 0.3 is 0 Å². The standard InChI is InChI=1S/C13H14FN5O/c1-7-11-12(18(2)17-7)19(13(15)16-11)8-4-5-9(14)10(6-8)20-3/h4-6H,1-3H3,(H2,15,16). The van der Waals surface area contributed by atoms with Crippen molar-refractivity contribution < 1.29 is 9.13 Å². The lowest BCUT2D eigenvalue weighted by Gasteiger charge is -2.09. The first-order valence-electron chi connectivity index (χ1n) is 6.04. The molecule has 2 aromatic heterocycles. The second-order valence-electron chi connectivity index (χ2n) is 4.51. The van der Waals surface area contributed by atoms with Crippen LogP contribution in [-0.4, -0.2) is 26.4 Å². The normalized spacial score (nSPS) is 11.2. The third-order valence-corrected chi connectivity index (χ3v) is 3.22. The van der Waals surface area contributed by atoms with E-state index in [1.807, 2.05) is 14.0 Å². The van der Waals surface area contributed by atoms with Crippen LogP contribution >= 0.6 is 0 Å². The van der Waals surface area contributed by atoms with Gasteiger partial charge in [-0.3, -0.25) is 4.57 Å². The van der Waals surface area contributed by atoms with Crippen LogP contribution in [0.15, 0.2) is 18.2 Å². The number of ether oxygens (including phenoxy) is 1. The van der Waals surface area contributed by atoms with Crippen molar-refractivity contribution in [3.8, 4) is 11.4 Å². The molecule has 0 saturated heterocycles. The summed E-state index contributed by atoms with van der Waals surface area (Å²) in [5, 5.41) is 4.31. The van der Waals surface area contributed by atoms with Crippen molar-refractivity contribution in [3.05, 3.63) is 29.7 Å². The van der Waals surface area contributed by atoms with Crippen LogP contribution in [0.4, 0.5) is 10.3 Å². The fourth-order valence-corrected chi connectivity index (χ4v) is 2.33. The highest BCUT2D eigenvalue weighted by Gasteiger charge is 2.17. The minimum Gasteiger partial charge on any atom is -0.494 e. The van der Waals surface area contributed by atoms with Crippen molar-refractivity contribution >= 4 is 17.1 Å². The number of nitrogens with two attached hydrogens (primary N) is 1. The molecule has 0 radical (unpaired) electrons. The molecular formula is C13H14FN5O. The van der Waals surface area contributed by atoms with Gasteiger partial charge in [0, 0.05) is 13.1 Å². The maximum absolute atomic E-state index is 13.5. The highest BCUT2D eigenvalue weighted by Crippen LogP contribution is 2.27. The molecule has 0 spiro atoms. The molecule has 0 saturated carbocycles. The van der Waals surface area contributed by atoms with E-state index in [-0.39, 0.29) is 5.75 Å². The minimum atomic E-state index is -0.424. The van der Waals surface area contributed by atoms with Crippen LogP contribution in [-0.2, 0) is 7.05 Å². The maximum Gasteiger partial charge on any atom is 0.207 e.